The largest absolute Gasteiger partial charge is 0.508 e. The first kappa shape index (κ1) is 31.7. The van der Waals surface area contributed by atoms with E-state index >= 15 is 0 Å². The van der Waals surface area contributed by atoms with Crippen molar-refractivity contribution in [3.05, 3.63) is 29.8 Å². The Morgan fingerprint density at radius 3 is 2.30 bits per heavy atom. The highest BCUT2D eigenvalue weighted by Crippen LogP contribution is 2.26. The average Bonchev–Trinajstić information content (AvgIpc) is 2.78. The third kappa shape index (κ3) is 12.0. The van der Waals surface area contributed by atoms with E-state index in [-0.39, 0.29) is 12.3 Å². The van der Waals surface area contributed by atoms with Crippen molar-refractivity contribution in [3.8, 4) is 5.75 Å². The number of rotatable bonds is 15. The molecule has 0 aliphatic carbocycles. The van der Waals surface area contributed by atoms with Crippen LogP contribution in [0.5, 0.6) is 5.75 Å². The summed E-state index contributed by atoms with van der Waals surface area (Å²) in [5.41, 5.74) is 4.99. The Labute approximate surface area is 220 Å². The van der Waals surface area contributed by atoms with Gasteiger partial charge in [-0.25, -0.2) is 4.79 Å². The number of ether oxygens (including phenoxy) is 1. The third-order valence-electron chi connectivity index (χ3n) is 5.51. The smallest absolute Gasteiger partial charge is 0.408 e. The van der Waals surface area contributed by atoms with E-state index in [1.165, 1.54) is 17.0 Å². The number of nitrogens with two attached hydrogens (primary N) is 1. The molecule has 0 heterocycles. The third-order valence-corrected chi connectivity index (χ3v) is 5.51. The van der Waals surface area contributed by atoms with Crippen molar-refractivity contribution in [2.24, 2.45) is 5.73 Å². The number of primary amides is 1. The Hall–Kier alpha value is -3.30. The SMILES string of the molecule is CCCCCCN(C(=O)C(CC(N)=O)NC(=O)OC(C)(C)C)C(C(=O)NCCCC)c1cccc(O)c1. The van der Waals surface area contributed by atoms with Crippen molar-refractivity contribution in [2.45, 2.75) is 97.2 Å². The molecule has 0 aliphatic heterocycles. The van der Waals surface area contributed by atoms with Crippen LogP contribution in [0.1, 0.15) is 91.2 Å². The number of phenols is 1. The first-order chi connectivity index (χ1) is 17.4. The monoisotopic (exact) mass is 520 g/mol. The van der Waals surface area contributed by atoms with Gasteiger partial charge in [-0.2, -0.15) is 0 Å². The van der Waals surface area contributed by atoms with Crippen LogP contribution in [0.25, 0.3) is 0 Å². The number of unbranched alkanes of at least 4 members (excludes halogenated alkanes) is 4. The zero-order chi connectivity index (χ0) is 28.0. The first-order valence-electron chi connectivity index (χ1n) is 13.0. The second kappa shape index (κ2) is 15.7. The van der Waals surface area contributed by atoms with Gasteiger partial charge in [0.2, 0.25) is 17.7 Å². The Kier molecular flexibility index (Phi) is 13.5. The summed E-state index contributed by atoms with van der Waals surface area (Å²) in [6, 6.07) is 3.73. The van der Waals surface area contributed by atoms with Crippen LogP contribution in [0, 0.1) is 0 Å². The number of carbonyl (C=O) groups excluding carboxylic acids is 4. The fraction of sp³-hybridized carbons (Fsp3) is 0.630. The summed E-state index contributed by atoms with van der Waals surface area (Å²) in [4.78, 5) is 53.0. The Morgan fingerprint density at radius 1 is 1.05 bits per heavy atom. The van der Waals surface area contributed by atoms with Gasteiger partial charge in [-0.3, -0.25) is 14.4 Å². The molecular weight excluding hydrogens is 476 g/mol. The van der Waals surface area contributed by atoms with Crippen LogP contribution in [-0.4, -0.2) is 58.6 Å². The van der Waals surface area contributed by atoms with Crippen molar-refractivity contribution in [1.29, 1.82) is 0 Å². The minimum absolute atomic E-state index is 0.0530. The summed E-state index contributed by atoms with van der Waals surface area (Å²) in [7, 11) is 0. The number of hydrogen-bond donors (Lipinski definition) is 4. The van der Waals surface area contributed by atoms with E-state index < -0.39 is 47.9 Å². The van der Waals surface area contributed by atoms with Crippen LogP contribution in [0.2, 0.25) is 0 Å². The minimum atomic E-state index is -1.33. The van der Waals surface area contributed by atoms with E-state index in [1.807, 2.05) is 6.92 Å². The average molecular weight is 521 g/mol. The summed E-state index contributed by atoms with van der Waals surface area (Å²) < 4.78 is 5.28. The van der Waals surface area contributed by atoms with Crippen LogP contribution < -0.4 is 16.4 Å². The molecule has 1 aromatic carbocycles. The second-order valence-electron chi connectivity index (χ2n) is 10.1. The molecule has 10 nitrogen and oxygen atoms in total. The van der Waals surface area contributed by atoms with Crippen molar-refractivity contribution in [3.63, 3.8) is 0 Å². The maximum absolute atomic E-state index is 13.9. The number of hydrogen-bond acceptors (Lipinski definition) is 6. The number of carbonyl (C=O) groups is 4. The van der Waals surface area contributed by atoms with Gasteiger partial charge in [0.05, 0.1) is 6.42 Å². The van der Waals surface area contributed by atoms with E-state index in [2.05, 4.69) is 17.6 Å². The number of aromatic hydroxyl groups is 1. The zero-order valence-corrected chi connectivity index (χ0v) is 22.8. The van der Waals surface area contributed by atoms with Gasteiger partial charge in [0.1, 0.15) is 23.4 Å². The van der Waals surface area contributed by atoms with Gasteiger partial charge in [0.25, 0.3) is 0 Å². The van der Waals surface area contributed by atoms with Crippen LogP contribution in [0.4, 0.5) is 4.79 Å². The van der Waals surface area contributed by atoms with Crippen molar-refractivity contribution < 1.29 is 29.0 Å². The fourth-order valence-electron chi connectivity index (χ4n) is 3.78. The normalized spacial score (nSPS) is 12.8. The van der Waals surface area contributed by atoms with E-state index in [1.54, 1.807) is 32.9 Å². The molecule has 1 rings (SSSR count). The standard InChI is InChI=1S/C27H44N4O6/c1-6-8-10-11-16-31(25(35)21(18-22(28)33)30-26(36)37-27(3,4)5)23(24(34)29-15-9-7-2)19-13-12-14-20(32)17-19/h12-14,17,21,23,32H,6-11,15-16,18H2,1-5H3,(H2,28,33)(H,29,34)(H,30,36). The Balaban J connectivity index is 3.44. The van der Waals surface area contributed by atoms with E-state index in [4.69, 9.17) is 10.5 Å². The highest BCUT2D eigenvalue weighted by atomic mass is 16.6. The molecular formula is C27H44N4O6. The number of amides is 4. The quantitative estimate of drug-likeness (QED) is 0.260. The van der Waals surface area contributed by atoms with Crippen LogP contribution in [0.3, 0.4) is 0 Å². The van der Waals surface area contributed by atoms with Crippen molar-refractivity contribution in [1.82, 2.24) is 15.5 Å². The van der Waals surface area contributed by atoms with Gasteiger partial charge in [-0.1, -0.05) is 51.7 Å². The van der Waals surface area contributed by atoms with Gasteiger partial charge in [-0.05, 0) is 51.3 Å². The molecule has 2 unspecified atom stereocenters. The molecule has 5 N–H and O–H groups in total. The molecule has 4 amide bonds. The van der Waals surface area contributed by atoms with Gasteiger partial charge < -0.3 is 31.1 Å². The molecule has 37 heavy (non-hydrogen) atoms. The summed E-state index contributed by atoms with van der Waals surface area (Å²) in [5, 5.41) is 15.4. The highest BCUT2D eigenvalue weighted by molar-refractivity contribution is 5.94. The zero-order valence-electron chi connectivity index (χ0n) is 22.8. The summed E-state index contributed by atoms with van der Waals surface area (Å²) in [6.07, 6.45) is 3.64. The number of benzene rings is 1. The predicted molar refractivity (Wildman–Crippen MR) is 142 cm³/mol. The summed E-state index contributed by atoms with van der Waals surface area (Å²) >= 11 is 0. The van der Waals surface area contributed by atoms with Crippen LogP contribution in [-0.2, 0) is 19.1 Å². The summed E-state index contributed by atoms with van der Waals surface area (Å²) in [5.74, 6) is -1.90. The minimum Gasteiger partial charge on any atom is -0.508 e. The Morgan fingerprint density at radius 2 is 1.73 bits per heavy atom. The maximum atomic E-state index is 13.9. The molecule has 0 saturated carbocycles. The lowest BCUT2D eigenvalue weighted by molar-refractivity contribution is -0.143. The molecule has 0 aromatic heterocycles. The number of nitrogens with one attached hydrogen (secondary N) is 2. The summed E-state index contributed by atoms with van der Waals surface area (Å²) in [6.45, 7) is 9.71. The maximum Gasteiger partial charge on any atom is 0.408 e. The second-order valence-corrected chi connectivity index (χ2v) is 10.1. The number of phenolic OH excluding ortho intramolecular Hbond substituents is 1. The molecule has 0 saturated heterocycles. The van der Waals surface area contributed by atoms with Crippen molar-refractivity contribution in [2.75, 3.05) is 13.1 Å². The molecule has 1 aromatic rings. The molecule has 2 atom stereocenters. The number of nitrogens with zero attached hydrogens (tertiary/aromatic N) is 1. The highest BCUT2D eigenvalue weighted by Gasteiger charge is 2.36. The molecule has 0 bridgehead atoms. The molecule has 0 spiro atoms. The lowest BCUT2D eigenvalue weighted by atomic mass is 10.0. The lowest BCUT2D eigenvalue weighted by Crippen LogP contribution is -2.54. The Bertz CT molecular complexity index is 899. The van der Waals surface area contributed by atoms with E-state index in [9.17, 15) is 24.3 Å². The van der Waals surface area contributed by atoms with Gasteiger partial charge in [-0.15, -0.1) is 0 Å². The van der Waals surface area contributed by atoms with Crippen LogP contribution in [0.15, 0.2) is 24.3 Å². The van der Waals surface area contributed by atoms with E-state index in [0.717, 1.165) is 32.1 Å². The fourth-order valence-corrected chi connectivity index (χ4v) is 3.78. The van der Waals surface area contributed by atoms with Gasteiger partial charge in [0, 0.05) is 13.1 Å². The predicted octanol–water partition coefficient (Wildman–Crippen LogP) is 3.53. The lowest BCUT2D eigenvalue weighted by Gasteiger charge is -2.34. The molecule has 208 valence electrons. The van der Waals surface area contributed by atoms with Gasteiger partial charge >= 0.3 is 6.09 Å². The molecule has 0 fully saturated rings. The first-order valence-corrected chi connectivity index (χ1v) is 13.0. The van der Waals surface area contributed by atoms with Crippen molar-refractivity contribution >= 4 is 23.8 Å². The van der Waals surface area contributed by atoms with Crippen LogP contribution >= 0.6 is 0 Å². The van der Waals surface area contributed by atoms with E-state index in [0.29, 0.717) is 18.5 Å². The van der Waals surface area contributed by atoms with Gasteiger partial charge in [0.15, 0.2) is 0 Å². The molecule has 0 aliphatic rings. The molecule has 10 heteroatoms. The topological polar surface area (TPSA) is 151 Å². The molecule has 0 radical (unpaired) electrons. The number of alkyl carbamates (subject to hydrolysis) is 1.